The van der Waals surface area contributed by atoms with E-state index in [1.807, 2.05) is 0 Å². The van der Waals surface area contributed by atoms with E-state index < -0.39 is 11.8 Å². The number of ketones is 1. The van der Waals surface area contributed by atoms with Crippen LogP contribution in [-0.4, -0.2) is 69.7 Å². The van der Waals surface area contributed by atoms with Gasteiger partial charge in [0.25, 0.3) is 0 Å². The Morgan fingerprint density at radius 3 is 2.00 bits per heavy atom. The summed E-state index contributed by atoms with van der Waals surface area (Å²) in [5, 5.41) is 0. The van der Waals surface area contributed by atoms with E-state index in [-0.39, 0.29) is 58.0 Å². The van der Waals surface area contributed by atoms with Gasteiger partial charge in [-0.25, -0.2) is 4.79 Å². The van der Waals surface area contributed by atoms with Crippen LogP contribution in [0.3, 0.4) is 0 Å². The second-order valence-corrected chi connectivity index (χ2v) is 1.28. The van der Waals surface area contributed by atoms with Crippen LogP contribution in [0.1, 0.15) is 13.8 Å². The number of carbonyl (C=O) groups is 2. The van der Waals surface area contributed by atoms with Gasteiger partial charge in [0.15, 0.2) is 0 Å². The zero-order chi connectivity index (χ0) is 6.57. The van der Waals surface area contributed by atoms with Crippen molar-refractivity contribution >= 4 is 63.1 Å². The molecule has 0 aromatic rings. The maximum atomic E-state index is 10.2. The van der Waals surface area contributed by atoms with Gasteiger partial charge in [-0.3, -0.25) is 4.79 Å². The van der Waals surface area contributed by atoms with Crippen molar-refractivity contribution in [1.29, 1.82) is 0 Å². The molecule has 0 saturated carbocycles. The molecule has 9 heavy (non-hydrogen) atoms. The number of hydrogen-bond donors (Lipinski definition) is 0. The SMILES string of the molecule is CCOC(=O)C(C)=O.[KH]. The molecule has 4 heteroatoms. The Kier molecular flexibility index (Phi) is 9.53. The van der Waals surface area contributed by atoms with Crippen molar-refractivity contribution in [3.05, 3.63) is 0 Å². The van der Waals surface area contributed by atoms with Crippen molar-refractivity contribution < 1.29 is 14.3 Å². The molecule has 0 saturated heterocycles. The molecular formula is C5H9KO3. The van der Waals surface area contributed by atoms with Gasteiger partial charge < -0.3 is 4.74 Å². The average molecular weight is 156 g/mol. The normalized spacial score (nSPS) is 7.33. The van der Waals surface area contributed by atoms with Crippen molar-refractivity contribution in [2.24, 2.45) is 0 Å². The monoisotopic (exact) mass is 156 g/mol. The van der Waals surface area contributed by atoms with Crippen LogP contribution < -0.4 is 0 Å². The molecule has 0 unspecified atom stereocenters. The van der Waals surface area contributed by atoms with E-state index in [0.29, 0.717) is 0 Å². The zero-order valence-electron chi connectivity index (χ0n) is 4.93. The fourth-order valence-electron chi connectivity index (χ4n) is 0.233. The average Bonchev–Trinajstić information content (AvgIpc) is 1.67. The zero-order valence-corrected chi connectivity index (χ0v) is 4.93. The second kappa shape index (κ2) is 6.89. The summed E-state index contributed by atoms with van der Waals surface area (Å²) in [4.78, 5) is 20.2. The van der Waals surface area contributed by atoms with Gasteiger partial charge >= 0.3 is 57.4 Å². The second-order valence-electron chi connectivity index (χ2n) is 1.28. The number of ether oxygens (including phenoxy) is 1. The van der Waals surface area contributed by atoms with Gasteiger partial charge in [-0.1, -0.05) is 0 Å². The van der Waals surface area contributed by atoms with Crippen molar-refractivity contribution in [3.8, 4) is 0 Å². The summed E-state index contributed by atoms with van der Waals surface area (Å²) in [6, 6.07) is 0. The van der Waals surface area contributed by atoms with Gasteiger partial charge in [0, 0.05) is 6.92 Å². The third-order valence-electron chi connectivity index (χ3n) is 0.563. The number of hydrogen-bond acceptors (Lipinski definition) is 3. The molecule has 0 N–H and O–H groups in total. The van der Waals surface area contributed by atoms with E-state index >= 15 is 0 Å². The van der Waals surface area contributed by atoms with E-state index in [2.05, 4.69) is 4.74 Å². The minimum atomic E-state index is -0.757. The summed E-state index contributed by atoms with van der Waals surface area (Å²) in [7, 11) is 0. The maximum absolute atomic E-state index is 10.2. The van der Waals surface area contributed by atoms with Crippen LogP contribution in [0.25, 0.3) is 0 Å². The van der Waals surface area contributed by atoms with E-state index in [0.717, 1.165) is 0 Å². The fraction of sp³-hybridized carbons (Fsp3) is 0.600. The first kappa shape index (κ1) is 12.5. The molecule has 3 nitrogen and oxygen atoms in total. The standard InChI is InChI=1S/C5H8O3.K.H/c1-3-8-5(7)4(2)6;;/h3H2,1-2H3;;. The summed E-state index contributed by atoms with van der Waals surface area (Å²) in [6.07, 6.45) is 0. The molecule has 0 heterocycles. The van der Waals surface area contributed by atoms with E-state index in [1.54, 1.807) is 6.92 Å². The van der Waals surface area contributed by atoms with E-state index in [9.17, 15) is 9.59 Å². The summed E-state index contributed by atoms with van der Waals surface area (Å²) in [5.74, 6) is -1.31. The molecule has 0 bridgehead atoms. The van der Waals surface area contributed by atoms with Gasteiger partial charge in [0.2, 0.25) is 5.78 Å². The third-order valence-corrected chi connectivity index (χ3v) is 0.563. The topological polar surface area (TPSA) is 43.4 Å². The van der Waals surface area contributed by atoms with Gasteiger partial charge in [0.05, 0.1) is 6.61 Å². The van der Waals surface area contributed by atoms with Crippen molar-refractivity contribution in [2.75, 3.05) is 6.61 Å². The van der Waals surface area contributed by atoms with Crippen LogP contribution in [0, 0.1) is 0 Å². The van der Waals surface area contributed by atoms with Crippen molar-refractivity contribution in [3.63, 3.8) is 0 Å². The minimum absolute atomic E-state index is 0. The Hall–Kier alpha value is 0.776. The van der Waals surface area contributed by atoms with Crippen molar-refractivity contribution in [1.82, 2.24) is 0 Å². The van der Waals surface area contributed by atoms with Gasteiger partial charge in [-0.15, -0.1) is 0 Å². The quantitative estimate of drug-likeness (QED) is 0.307. The molecule has 0 rings (SSSR count). The summed E-state index contributed by atoms with van der Waals surface area (Å²) >= 11 is 0. The predicted molar refractivity (Wildman–Crippen MR) is 34.5 cm³/mol. The molecule has 0 radical (unpaired) electrons. The van der Waals surface area contributed by atoms with Crippen molar-refractivity contribution in [2.45, 2.75) is 13.8 Å². The van der Waals surface area contributed by atoms with Crippen LogP contribution >= 0.6 is 0 Å². The first-order valence-electron chi connectivity index (χ1n) is 2.36. The molecule has 0 fully saturated rings. The predicted octanol–water partition coefficient (Wildman–Crippen LogP) is -0.510. The number of rotatable bonds is 2. The summed E-state index contributed by atoms with van der Waals surface area (Å²) in [5.41, 5.74) is 0. The van der Waals surface area contributed by atoms with E-state index in [1.165, 1.54) is 6.92 Å². The Labute approximate surface area is 96.6 Å². The fourth-order valence-corrected chi connectivity index (χ4v) is 0.233. The van der Waals surface area contributed by atoms with Gasteiger partial charge in [-0.05, 0) is 6.92 Å². The van der Waals surface area contributed by atoms with Crippen LogP contribution in [0.5, 0.6) is 0 Å². The van der Waals surface area contributed by atoms with E-state index in [4.69, 9.17) is 0 Å². The first-order chi connectivity index (χ1) is 3.68. The number of carbonyl (C=O) groups excluding carboxylic acids is 2. The summed E-state index contributed by atoms with van der Waals surface area (Å²) < 4.78 is 4.31. The van der Waals surface area contributed by atoms with Crippen LogP contribution in [0.4, 0.5) is 0 Å². The molecule has 0 aliphatic heterocycles. The molecule has 0 amide bonds. The Morgan fingerprint density at radius 1 is 1.44 bits per heavy atom. The Morgan fingerprint density at radius 2 is 1.89 bits per heavy atom. The third kappa shape index (κ3) is 6.66. The van der Waals surface area contributed by atoms with Gasteiger partial charge in [-0.2, -0.15) is 0 Å². The Balaban J connectivity index is 0. The van der Waals surface area contributed by atoms with Crippen LogP contribution in [0.15, 0.2) is 0 Å². The number of Topliss-reactive ketones (excluding diaryl/α,β-unsaturated/α-hetero) is 1. The summed E-state index contributed by atoms with van der Waals surface area (Å²) in [6.45, 7) is 3.09. The Bertz CT molecular complexity index is 111. The molecule has 0 aliphatic carbocycles. The molecule has 0 aromatic heterocycles. The molecule has 0 aliphatic rings. The molecule has 0 atom stereocenters. The van der Waals surface area contributed by atoms with Crippen LogP contribution in [-0.2, 0) is 14.3 Å². The molecule has 0 spiro atoms. The van der Waals surface area contributed by atoms with Gasteiger partial charge in [0.1, 0.15) is 0 Å². The number of esters is 1. The van der Waals surface area contributed by atoms with Crippen LogP contribution in [0.2, 0.25) is 0 Å². The molecular weight excluding hydrogens is 147 g/mol. The molecule has 48 valence electrons. The first-order valence-corrected chi connectivity index (χ1v) is 2.36. The molecule has 0 aromatic carbocycles.